The monoisotopic (exact) mass is 408 g/mol. The van der Waals surface area contributed by atoms with Gasteiger partial charge in [-0.1, -0.05) is 35.3 Å². The number of aromatic nitrogens is 2. The third-order valence-electron chi connectivity index (χ3n) is 3.68. The first kappa shape index (κ1) is 19.4. The van der Waals surface area contributed by atoms with E-state index < -0.39 is 0 Å². The first-order chi connectivity index (χ1) is 13.0. The lowest BCUT2D eigenvalue weighted by Crippen LogP contribution is -2.33. The van der Waals surface area contributed by atoms with Gasteiger partial charge in [0.25, 0.3) is 0 Å². The summed E-state index contributed by atoms with van der Waals surface area (Å²) >= 11 is 12.0. The molecule has 0 unspecified atom stereocenters. The molecule has 0 radical (unpaired) electrons. The second-order valence-corrected chi connectivity index (χ2v) is 6.72. The van der Waals surface area contributed by atoms with Gasteiger partial charge in [-0.25, -0.2) is 0 Å². The number of halogens is 2. The largest absolute Gasteiger partial charge is 0.461 e. The Bertz CT molecular complexity index is 896. The molecular formula is C18H18Cl2N4O3. The Morgan fingerprint density at radius 2 is 2.15 bits per heavy atom. The molecule has 0 spiro atoms. The molecule has 1 N–H and O–H groups in total. The molecule has 1 amide bonds. The maximum Gasteiger partial charge on any atom is 0.241 e. The summed E-state index contributed by atoms with van der Waals surface area (Å²) in [6, 6.07) is 8.42. The summed E-state index contributed by atoms with van der Waals surface area (Å²) in [5.74, 6) is 1.12. The van der Waals surface area contributed by atoms with E-state index >= 15 is 0 Å². The molecule has 27 heavy (non-hydrogen) atoms. The van der Waals surface area contributed by atoms with Crippen molar-refractivity contribution in [1.29, 1.82) is 0 Å². The van der Waals surface area contributed by atoms with E-state index in [1.807, 2.05) is 11.8 Å². The van der Waals surface area contributed by atoms with Crippen LogP contribution in [0.3, 0.4) is 0 Å². The molecule has 7 nitrogen and oxygen atoms in total. The fourth-order valence-corrected chi connectivity index (χ4v) is 2.99. The van der Waals surface area contributed by atoms with Crippen molar-refractivity contribution in [1.82, 2.24) is 15.0 Å². The highest BCUT2D eigenvalue weighted by Gasteiger charge is 2.17. The maximum absolute atomic E-state index is 12.4. The summed E-state index contributed by atoms with van der Waals surface area (Å²) in [5, 5.41) is 7.58. The van der Waals surface area contributed by atoms with E-state index in [0.717, 1.165) is 6.42 Å². The summed E-state index contributed by atoms with van der Waals surface area (Å²) < 4.78 is 10.5. The number of furan rings is 1. The number of carbonyl (C=O) groups excluding carboxylic acids is 1. The van der Waals surface area contributed by atoms with Crippen LogP contribution in [-0.2, 0) is 11.3 Å². The molecule has 0 saturated carbocycles. The van der Waals surface area contributed by atoms with Crippen LogP contribution in [0, 0.1) is 0 Å². The van der Waals surface area contributed by atoms with Gasteiger partial charge in [0, 0.05) is 5.02 Å². The fraction of sp³-hybridized carbons (Fsp3) is 0.278. The lowest BCUT2D eigenvalue weighted by molar-refractivity contribution is -0.117. The molecule has 9 heteroatoms. The van der Waals surface area contributed by atoms with Crippen LogP contribution in [0.2, 0.25) is 10.0 Å². The average molecular weight is 409 g/mol. The van der Waals surface area contributed by atoms with Gasteiger partial charge in [0.05, 0.1) is 30.1 Å². The standard InChI is InChI=1S/C18H18Cl2N4O3/c1-2-7-24(10-16(25)21-14-6-5-12(19)9-13(14)20)11-17-22-18(23-27-17)15-4-3-8-26-15/h3-6,8-9H,2,7,10-11H2,1H3,(H,21,25). The molecule has 3 rings (SSSR count). The molecule has 0 atom stereocenters. The van der Waals surface area contributed by atoms with Crippen LogP contribution in [-0.4, -0.2) is 34.0 Å². The van der Waals surface area contributed by atoms with Crippen molar-refractivity contribution < 1.29 is 13.7 Å². The Kier molecular flexibility index (Phi) is 6.49. The van der Waals surface area contributed by atoms with Crippen molar-refractivity contribution in [2.45, 2.75) is 19.9 Å². The predicted molar refractivity (Wildman–Crippen MR) is 103 cm³/mol. The number of hydrogen-bond acceptors (Lipinski definition) is 6. The normalized spacial score (nSPS) is 11.1. The molecule has 0 aliphatic rings. The van der Waals surface area contributed by atoms with Crippen molar-refractivity contribution in [3.05, 3.63) is 52.5 Å². The zero-order chi connectivity index (χ0) is 19.2. The third kappa shape index (κ3) is 5.32. The van der Waals surface area contributed by atoms with E-state index in [2.05, 4.69) is 15.5 Å². The second kappa shape index (κ2) is 9.03. The smallest absolute Gasteiger partial charge is 0.241 e. The molecule has 0 bridgehead atoms. The highest BCUT2D eigenvalue weighted by molar-refractivity contribution is 6.36. The van der Waals surface area contributed by atoms with Crippen LogP contribution >= 0.6 is 23.2 Å². The first-order valence-electron chi connectivity index (χ1n) is 8.39. The molecule has 2 heterocycles. The van der Waals surface area contributed by atoms with Gasteiger partial charge in [-0.05, 0) is 43.3 Å². The molecule has 1 aromatic carbocycles. The Morgan fingerprint density at radius 1 is 1.30 bits per heavy atom. The Hall–Kier alpha value is -2.35. The Balaban J connectivity index is 1.62. The summed E-state index contributed by atoms with van der Waals surface area (Å²) in [7, 11) is 0. The van der Waals surface area contributed by atoms with Crippen molar-refractivity contribution >= 4 is 34.8 Å². The van der Waals surface area contributed by atoms with Crippen LogP contribution in [0.4, 0.5) is 5.69 Å². The van der Waals surface area contributed by atoms with E-state index in [9.17, 15) is 4.79 Å². The van der Waals surface area contributed by atoms with Gasteiger partial charge in [-0.2, -0.15) is 4.98 Å². The van der Waals surface area contributed by atoms with Gasteiger partial charge < -0.3 is 14.3 Å². The summed E-state index contributed by atoms with van der Waals surface area (Å²) in [6.45, 7) is 3.23. The van der Waals surface area contributed by atoms with E-state index in [1.54, 1.807) is 36.6 Å². The minimum Gasteiger partial charge on any atom is -0.461 e. The number of anilines is 1. The number of nitrogens with zero attached hydrogens (tertiary/aromatic N) is 3. The van der Waals surface area contributed by atoms with Crippen LogP contribution in [0.1, 0.15) is 19.2 Å². The lowest BCUT2D eigenvalue weighted by atomic mass is 10.3. The van der Waals surface area contributed by atoms with Crippen molar-refractivity contribution in [2.75, 3.05) is 18.4 Å². The average Bonchev–Trinajstić information content (AvgIpc) is 3.29. The van der Waals surface area contributed by atoms with Gasteiger partial charge >= 0.3 is 0 Å². The Morgan fingerprint density at radius 3 is 2.85 bits per heavy atom. The zero-order valence-corrected chi connectivity index (χ0v) is 16.1. The van der Waals surface area contributed by atoms with Crippen LogP contribution in [0.5, 0.6) is 0 Å². The van der Waals surface area contributed by atoms with Gasteiger partial charge in [0.1, 0.15) is 0 Å². The topological polar surface area (TPSA) is 84.4 Å². The molecule has 0 aliphatic carbocycles. The van der Waals surface area contributed by atoms with Crippen molar-refractivity contribution in [3.63, 3.8) is 0 Å². The molecular weight excluding hydrogens is 391 g/mol. The van der Waals surface area contributed by atoms with Crippen LogP contribution in [0.25, 0.3) is 11.6 Å². The van der Waals surface area contributed by atoms with Gasteiger partial charge in [-0.3, -0.25) is 9.69 Å². The predicted octanol–water partition coefficient (Wildman–Crippen LogP) is 4.49. The lowest BCUT2D eigenvalue weighted by Gasteiger charge is -2.19. The summed E-state index contributed by atoms with van der Waals surface area (Å²) in [4.78, 5) is 18.6. The summed E-state index contributed by atoms with van der Waals surface area (Å²) in [6.07, 6.45) is 2.41. The first-order valence-corrected chi connectivity index (χ1v) is 9.14. The Labute approximate surface area is 166 Å². The molecule has 0 aliphatic heterocycles. The fourth-order valence-electron chi connectivity index (χ4n) is 2.53. The van der Waals surface area contributed by atoms with E-state index in [-0.39, 0.29) is 12.5 Å². The molecule has 2 aromatic heterocycles. The van der Waals surface area contributed by atoms with Gasteiger partial charge in [0.15, 0.2) is 5.76 Å². The quantitative estimate of drug-likeness (QED) is 0.590. The zero-order valence-electron chi connectivity index (χ0n) is 14.6. The highest BCUT2D eigenvalue weighted by atomic mass is 35.5. The third-order valence-corrected chi connectivity index (χ3v) is 4.23. The van der Waals surface area contributed by atoms with E-state index in [1.165, 1.54) is 0 Å². The van der Waals surface area contributed by atoms with E-state index in [4.69, 9.17) is 32.1 Å². The van der Waals surface area contributed by atoms with Gasteiger partial charge in [0.2, 0.25) is 17.6 Å². The van der Waals surface area contributed by atoms with Crippen molar-refractivity contribution in [3.8, 4) is 11.6 Å². The van der Waals surface area contributed by atoms with Crippen LogP contribution < -0.4 is 5.32 Å². The number of hydrogen-bond donors (Lipinski definition) is 1. The molecule has 142 valence electrons. The second-order valence-electron chi connectivity index (χ2n) is 5.87. The van der Waals surface area contributed by atoms with Gasteiger partial charge in [-0.15, -0.1) is 0 Å². The summed E-state index contributed by atoms with van der Waals surface area (Å²) in [5.41, 5.74) is 0.514. The molecule has 3 aromatic rings. The van der Waals surface area contributed by atoms with Crippen LogP contribution in [0.15, 0.2) is 45.5 Å². The maximum atomic E-state index is 12.4. The number of nitrogens with one attached hydrogen (secondary N) is 1. The minimum absolute atomic E-state index is 0.158. The number of rotatable bonds is 8. The van der Waals surface area contributed by atoms with Crippen molar-refractivity contribution in [2.24, 2.45) is 0 Å². The number of amides is 1. The van der Waals surface area contributed by atoms with E-state index in [0.29, 0.717) is 46.3 Å². The highest BCUT2D eigenvalue weighted by Crippen LogP contribution is 2.25. The number of carbonyl (C=O) groups is 1. The SMILES string of the molecule is CCCN(CC(=O)Nc1ccc(Cl)cc1Cl)Cc1nc(-c2ccco2)no1. The molecule has 0 fully saturated rings. The minimum atomic E-state index is -0.196. The molecule has 0 saturated heterocycles. The number of benzene rings is 1.